The number of nitrogens with two attached hydrogens (primary N) is 1. The van der Waals surface area contributed by atoms with E-state index in [1.807, 2.05) is 5.43 Å². The Bertz CT molecular complexity index is 247. The van der Waals surface area contributed by atoms with Crippen molar-refractivity contribution in [2.45, 2.75) is 6.42 Å². The third kappa shape index (κ3) is 2.16. The number of hydrogen-bond acceptors (Lipinski definition) is 4. The molecule has 0 radical (unpaired) electrons. The van der Waals surface area contributed by atoms with Gasteiger partial charge in [0.1, 0.15) is 0 Å². The molecule has 1 heterocycles. The molecule has 1 amide bonds. The molecule has 0 aromatic rings. The zero-order valence-electron chi connectivity index (χ0n) is 5.91. The normalized spacial score (nSPS) is 22.3. The van der Waals surface area contributed by atoms with Gasteiger partial charge in [0.15, 0.2) is 9.84 Å². The highest BCUT2D eigenvalue weighted by atomic mass is 32.2. The molecule has 1 saturated heterocycles. The average Bonchev–Trinajstić information content (AvgIpc) is 1.83. The van der Waals surface area contributed by atoms with Crippen LogP contribution in [0.25, 0.3) is 0 Å². The summed E-state index contributed by atoms with van der Waals surface area (Å²) in [6.07, 6.45) is 0.218. The molecule has 11 heavy (non-hydrogen) atoms. The summed E-state index contributed by atoms with van der Waals surface area (Å²) in [5.41, 5.74) is 1.96. The molecule has 0 atom stereocenters. The highest BCUT2D eigenvalue weighted by molar-refractivity contribution is 7.92. The Morgan fingerprint density at radius 2 is 2.09 bits per heavy atom. The van der Waals surface area contributed by atoms with Gasteiger partial charge in [-0.15, -0.1) is 0 Å². The van der Waals surface area contributed by atoms with Gasteiger partial charge in [0.25, 0.3) is 0 Å². The highest BCUT2D eigenvalue weighted by Gasteiger charge is 2.34. The van der Waals surface area contributed by atoms with Gasteiger partial charge in [-0.1, -0.05) is 0 Å². The van der Waals surface area contributed by atoms with Gasteiger partial charge in [-0.2, -0.15) is 0 Å². The minimum atomic E-state index is -2.81. The second-order valence-electron chi connectivity index (χ2n) is 2.71. The van der Waals surface area contributed by atoms with Crippen molar-refractivity contribution in [1.29, 1.82) is 0 Å². The van der Waals surface area contributed by atoms with E-state index in [0.29, 0.717) is 0 Å². The van der Waals surface area contributed by atoms with Crippen LogP contribution in [0.15, 0.2) is 0 Å². The summed E-state index contributed by atoms with van der Waals surface area (Å²) in [6, 6.07) is 0. The SMILES string of the molecule is NNC(=O)CC1CS(=O)(=O)C1. The molecule has 0 spiro atoms. The van der Waals surface area contributed by atoms with E-state index in [9.17, 15) is 13.2 Å². The summed E-state index contributed by atoms with van der Waals surface area (Å²) < 4.78 is 21.2. The standard InChI is InChI=1S/C5H10N2O3S/c6-7-5(8)1-4-2-11(9,10)3-4/h4H,1-3,6H2,(H,7,8). The van der Waals surface area contributed by atoms with E-state index in [-0.39, 0.29) is 29.8 Å². The zero-order chi connectivity index (χ0) is 8.48. The van der Waals surface area contributed by atoms with E-state index in [4.69, 9.17) is 5.84 Å². The zero-order valence-corrected chi connectivity index (χ0v) is 6.73. The number of sulfone groups is 1. The molecule has 0 bridgehead atoms. The third-order valence-electron chi connectivity index (χ3n) is 1.61. The summed E-state index contributed by atoms with van der Waals surface area (Å²) in [7, 11) is -2.81. The van der Waals surface area contributed by atoms with Gasteiger partial charge in [-0.05, 0) is 5.92 Å². The summed E-state index contributed by atoms with van der Waals surface area (Å²) in [4.78, 5) is 10.6. The van der Waals surface area contributed by atoms with Crippen molar-refractivity contribution in [1.82, 2.24) is 5.43 Å². The molecule has 1 rings (SSSR count). The van der Waals surface area contributed by atoms with Crippen molar-refractivity contribution in [3.8, 4) is 0 Å². The van der Waals surface area contributed by atoms with Gasteiger partial charge < -0.3 is 0 Å². The fourth-order valence-corrected chi connectivity index (χ4v) is 2.68. The molecule has 0 aliphatic carbocycles. The van der Waals surface area contributed by atoms with Crippen molar-refractivity contribution < 1.29 is 13.2 Å². The summed E-state index contributed by atoms with van der Waals surface area (Å²) in [5, 5.41) is 0. The van der Waals surface area contributed by atoms with E-state index in [1.165, 1.54) is 0 Å². The number of carbonyl (C=O) groups is 1. The van der Waals surface area contributed by atoms with Gasteiger partial charge in [0, 0.05) is 6.42 Å². The van der Waals surface area contributed by atoms with Crippen molar-refractivity contribution in [3.63, 3.8) is 0 Å². The molecule has 1 aliphatic rings. The molecule has 1 aliphatic heterocycles. The first kappa shape index (κ1) is 8.48. The second kappa shape index (κ2) is 2.78. The number of rotatable bonds is 2. The summed E-state index contributed by atoms with van der Waals surface area (Å²) in [5.74, 6) is 4.74. The Hall–Kier alpha value is -0.620. The molecule has 0 aromatic carbocycles. The molecule has 5 nitrogen and oxygen atoms in total. The van der Waals surface area contributed by atoms with Crippen LogP contribution in [0.5, 0.6) is 0 Å². The van der Waals surface area contributed by atoms with E-state index >= 15 is 0 Å². The predicted octanol–water partition coefficient (Wildman–Crippen LogP) is -1.59. The molecule has 0 unspecified atom stereocenters. The molecule has 1 fully saturated rings. The van der Waals surface area contributed by atoms with Crippen LogP contribution in [-0.4, -0.2) is 25.8 Å². The molecule has 3 N–H and O–H groups in total. The number of hydrazine groups is 1. The molecule has 6 heteroatoms. The van der Waals surface area contributed by atoms with Gasteiger partial charge >= 0.3 is 0 Å². The fourth-order valence-electron chi connectivity index (χ4n) is 1.11. The molecule has 64 valence electrons. The monoisotopic (exact) mass is 178 g/mol. The first-order valence-corrected chi connectivity index (χ1v) is 5.05. The van der Waals surface area contributed by atoms with Crippen molar-refractivity contribution in [2.24, 2.45) is 11.8 Å². The van der Waals surface area contributed by atoms with Gasteiger partial charge in [0.05, 0.1) is 11.5 Å². The van der Waals surface area contributed by atoms with Crippen LogP contribution in [0.3, 0.4) is 0 Å². The van der Waals surface area contributed by atoms with Crippen LogP contribution in [0, 0.1) is 5.92 Å². The van der Waals surface area contributed by atoms with Crippen LogP contribution in [0.4, 0.5) is 0 Å². The van der Waals surface area contributed by atoms with E-state index in [0.717, 1.165) is 0 Å². The van der Waals surface area contributed by atoms with Crippen LogP contribution in [0.2, 0.25) is 0 Å². The van der Waals surface area contributed by atoms with Gasteiger partial charge in [-0.25, -0.2) is 14.3 Å². The lowest BCUT2D eigenvalue weighted by atomic mass is 10.1. The van der Waals surface area contributed by atoms with Crippen LogP contribution < -0.4 is 11.3 Å². The first-order valence-electron chi connectivity index (χ1n) is 3.23. The maximum atomic E-state index is 10.6. The van der Waals surface area contributed by atoms with Crippen molar-refractivity contribution in [2.75, 3.05) is 11.5 Å². The maximum Gasteiger partial charge on any atom is 0.234 e. The smallest absolute Gasteiger partial charge is 0.234 e. The topological polar surface area (TPSA) is 89.3 Å². The Balaban J connectivity index is 2.29. The molecular weight excluding hydrogens is 168 g/mol. The Morgan fingerprint density at radius 1 is 1.55 bits per heavy atom. The lowest BCUT2D eigenvalue weighted by Gasteiger charge is -2.24. The molecule has 0 aromatic heterocycles. The van der Waals surface area contributed by atoms with Crippen molar-refractivity contribution >= 4 is 15.7 Å². The molecule has 0 saturated carbocycles. The maximum absolute atomic E-state index is 10.6. The molecular formula is C5H10N2O3S. The van der Waals surface area contributed by atoms with Crippen molar-refractivity contribution in [3.05, 3.63) is 0 Å². The second-order valence-corrected chi connectivity index (χ2v) is 4.87. The quantitative estimate of drug-likeness (QED) is 0.303. The Kier molecular flexibility index (Phi) is 2.15. The lowest BCUT2D eigenvalue weighted by molar-refractivity contribution is -0.121. The number of amides is 1. The number of carbonyl (C=O) groups excluding carboxylic acids is 1. The minimum Gasteiger partial charge on any atom is -0.294 e. The third-order valence-corrected chi connectivity index (χ3v) is 3.57. The minimum absolute atomic E-state index is 0.0245. The number of hydrogen-bond donors (Lipinski definition) is 2. The average molecular weight is 178 g/mol. The summed E-state index contributed by atoms with van der Waals surface area (Å²) >= 11 is 0. The Labute approximate surface area is 64.8 Å². The Morgan fingerprint density at radius 3 is 2.45 bits per heavy atom. The predicted molar refractivity (Wildman–Crippen MR) is 39.1 cm³/mol. The van der Waals surface area contributed by atoms with Gasteiger partial charge in [0.2, 0.25) is 5.91 Å². The summed E-state index contributed by atoms with van der Waals surface area (Å²) in [6.45, 7) is 0. The van der Waals surface area contributed by atoms with Crippen LogP contribution >= 0.6 is 0 Å². The van der Waals surface area contributed by atoms with E-state index in [1.54, 1.807) is 0 Å². The highest BCUT2D eigenvalue weighted by Crippen LogP contribution is 2.20. The van der Waals surface area contributed by atoms with Crippen LogP contribution in [0.1, 0.15) is 6.42 Å². The lowest BCUT2D eigenvalue weighted by Crippen LogP contribution is -2.41. The van der Waals surface area contributed by atoms with E-state index < -0.39 is 9.84 Å². The number of nitrogens with one attached hydrogen (secondary N) is 1. The fraction of sp³-hybridized carbons (Fsp3) is 0.800. The largest absolute Gasteiger partial charge is 0.294 e. The first-order chi connectivity index (χ1) is 5.03. The van der Waals surface area contributed by atoms with Crippen LogP contribution in [-0.2, 0) is 14.6 Å². The van der Waals surface area contributed by atoms with E-state index in [2.05, 4.69) is 0 Å². The van der Waals surface area contributed by atoms with Gasteiger partial charge in [-0.3, -0.25) is 10.2 Å².